The molecule has 4 nitrogen and oxygen atoms in total. The van der Waals surface area contributed by atoms with Crippen molar-refractivity contribution in [3.63, 3.8) is 0 Å². The Morgan fingerprint density at radius 2 is 2.00 bits per heavy atom. The summed E-state index contributed by atoms with van der Waals surface area (Å²) >= 11 is 0. The molecule has 1 aromatic rings. The Morgan fingerprint density at radius 3 is 2.53 bits per heavy atom. The number of nitrogens with zero attached hydrogens (tertiary/aromatic N) is 3. The summed E-state index contributed by atoms with van der Waals surface area (Å²) in [6.45, 7) is 8.37. The maximum Gasteiger partial charge on any atom is 0.225 e. The molecule has 19 heavy (non-hydrogen) atoms. The Labute approximate surface area is 116 Å². The van der Waals surface area contributed by atoms with E-state index < -0.39 is 0 Å². The molecule has 0 spiro atoms. The van der Waals surface area contributed by atoms with E-state index in [1.165, 1.54) is 19.3 Å². The minimum Gasteiger partial charge on any atom is -0.341 e. The van der Waals surface area contributed by atoms with E-state index >= 15 is 0 Å². The highest BCUT2D eigenvalue weighted by molar-refractivity contribution is 5.29. The third-order valence-electron chi connectivity index (χ3n) is 3.82. The predicted molar refractivity (Wildman–Crippen MR) is 79.3 cm³/mol. The van der Waals surface area contributed by atoms with Crippen LogP contribution in [-0.2, 0) is 6.54 Å². The fourth-order valence-corrected chi connectivity index (χ4v) is 2.35. The maximum absolute atomic E-state index is 4.51. The van der Waals surface area contributed by atoms with Crippen molar-refractivity contribution in [3.8, 4) is 0 Å². The second-order valence-electron chi connectivity index (χ2n) is 5.40. The van der Waals surface area contributed by atoms with E-state index in [1.54, 1.807) is 0 Å². The average Bonchev–Trinajstić information content (AvgIpc) is 2.39. The lowest BCUT2D eigenvalue weighted by Gasteiger charge is -2.31. The molecule has 1 saturated carbocycles. The summed E-state index contributed by atoms with van der Waals surface area (Å²) < 4.78 is 0. The van der Waals surface area contributed by atoms with Gasteiger partial charge in [0.1, 0.15) is 0 Å². The number of nitrogens with one attached hydrogen (secondary N) is 1. The van der Waals surface area contributed by atoms with Crippen LogP contribution in [0.25, 0.3) is 0 Å². The van der Waals surface area contributed by atoms with Crippen LogP contribution in [-0.4, -0.2) is 29.6 Å². The molecule has 1 heterocycles. The van der Waals surface area contributed by atoms with Crippen LogP contribution in [0.1, 0.15) is 45.1 Å². The molecule has 0 unspecified atom stereocenters. The Hall–Kier alpha value is -1.16. The van der Waals surface area contributed by atoms with E-state index in [0.717, 1.165) is 50.0 Å². The number of anilines is 1. The van der Waals surface area contributed by atoms with Crippen molar-refractivity contribution in [2.45, 2.75) is 46.1 Å². The predicted octanol–water partition coefficient (Wildman–Crippen LogP) is 2.60. The molecule has 0 aliphatic heterocycles. The van der Waals surface area contributed by atoms with Crippen molar-refractivity contribution >= 4 is 5.95 Å². The minimum absolute atomic E-state index is 0.856. The van der Waals surface area contributed by atoms with Crippen molar-refractivity contribution in [1.82, 2.24) is 15.3 Å². The van der Waals surface area contributed by atoms with Crippen molar-refractivity contribution in [2.75, 3.05) is 24.5 Å². The quantitative estimate of drug-likeness (QED) is 0.731. The largest absolute Gasteiger partial charge is 0.341 e. The van der Waals surface area contributed by atoms with E-state index in [2.05, 4.69) is 34.0 Å². The first kappa shape index (κ1) is 14.3. The minimum atomic E-state index is 0.856. The zero-order chi connectivity index (χ0) is 13.5. The van der Waals surface area contributed by atoms with Crippen molar-refractivity contribution in [3.05, 3.63) is 18.0 Å². The molecule has 2 rings (SSSR count). The molecule has 1 aliphatic carbocycles. The summed E-state index contributed by atoms with van der Waals surface area (Å²) in [4.78, 5) is 11.3. The summed E-state index contributed by atoms with van der Waals surface area (Å²) in [6.07, 6.45) is 9.20. The van der Waals surface area contributed by atoms with Crippen LogP contribution in [0.2, 0.25) is 0 Å². The second kappa shape index (κ2) is 7.43. The molecule has 1 aromatic heterocycles. The highest BCUT2D eigenvalue weighted by atomic mass is 15.2. The summed E-state index contributed by atoms with van der Waals surface area (Å²) in [5.41, 5.74) is 1.16. The number of aromatic nitrogens is 2. The van der Waals surface area contributed by atoms with Crippen molar-refractivity contribution < 1.29 is 0 Å². The monoisotopic (exact) mass is 262 g/mol. The van der Waals surface area contributed by atoms with Gasteiger partial charge in [0.25, 0.3) is 0 Å². The van der Waals surface area contributed by atoms with Gasteiger partial charge in [-0.05, 0) is 38.6 Å². The summed E-state index contributed by atoms with van der Waals surface area (Å²) in [5.74, 6) is 1.74. The first-order valence-electron chi connectivity index (χ1n) is 7.60. The van der Waals surface area contributed by atoms with Gasteiger partial charge in [0.05, 0.1) is 0 Å². The van der Waals surface area contributed by atoms with E-state index in [4.69, 9.17) is 0 Å². The first-order valence-corrected chi connectivity index (χ1v) is 7.60. The van der Waals surface area contributed by atoms with E-state index in [-0.39, 0.29) is 0 Å². The SMILES string of the molecule is CCCNCc1cnc(N(CC)CC2CCC2)nc1. The molecule has 0 amide bonds. The summed E-state index contributed by atoms with van der Waals surface area (Å²) in [6, 6.07) is 0. The van der Waals surface area contributed by atoms with Gasteiger partial charge in [0, 0.05) is 37.6 Å². The van der Waals surface area contributed by atoms with Gasteiger partial charge in [0.15, 0.2) is 0 Å². The molecule has 0 bridgehead atoms. The average molecular weight is 262 g/mol. The molecular weight excluding hydrogens is 236 g/mol. The lowest BCUT2D eigenvalue weighted by atomic mass is 9.85. The number of rotatable bonds is 8. The topological polar surface area (TPSA) is 41.1 Å². The van der Waals surface area contributed by atoms with Gasteiger partial charge >= 0.3 is 0 Å². The first-order chi connectivity index (χ1) is 9.33. The van der Waals surface area contributed by atoms with Crippen molar-refractivity contribution in [2.24, 2.45) is 5.92 Å². The second-order valence-corrected chi connectivity index (χ2v) is 5.40. The Bertz CT molecular complexity index is 359. The highest BCUT2D eigenvalue weighted by Crippen LogP contribution is 2.27. The van der Waals surface area contributed by atoms with Crippen LogP contribution < -0.4 is 10.2 Å². The van der Waals surface area contributed by atoms with Gasteiger partial charge in [0.2, 0.25) is 5.95 Å². The summed E-state index contributed by atoms with van der Waals surface area (Å²) in [5, 5.41) is 3.37. The van der Waals surface area contributed by atoms with E-state index in [1.807, 2.05) is 12.4 Å². The fraction of sp³-hybridized carbons (Fsp3) is 0.733. The zero-order valence-corrected chi connectivity index (χ0v) is 12.2. The molecular formula is C15H26N4. The fourth-order valence-electron chi connectivity index (χ4n) is 2.35. The van der Waals surface area contributed by atoms with Crippen LogP contribution in [0.3, 0.4) is 0 Å². The lowest BCUT2D eigenvalue weighted by Crippen LogP contribution is -2.33. The van der Waals surface area contributed by atoms with Gasteiger partial charge in [-0.25, -0.2) is 9.97 Å². The highest BCUT2D eigenvalue weighted by Gasteiger charge is 2.21. The molecule has 1 aliphatic rings. The Morgan fingerprint density at radius 1 is 1.26 bits per heavy atom. The van der Waals surface area contributed by atoms with Crippen LogP contribution in [0.5, 0.6) is 0 Å². The molecule has 0 aromatic carbocycles. The molecule has 0 saturated heterocycles. The third kappa shape index (κ3) is 4.16. The Balaban J connectivity index is 1.87. The normalized spacial score (nSPS) is 15.3. The van der Waals surface area contributed by atoms with Crippen LogP contribution >= 0.6 is 0 Å². The van der Waals surface area contributed by atoms with Crippen molar-refractivity contribution in [1.29, 1.82) is 0 Å². The molecule has 0 radical (unpaired) electrons. The molecule has 4 heteroatoms. The van der Waals surface area contributed by atoms with Gasteiger partial charge in [-0.3, -0.25) is 0 Å². The van der Waals surface area contributed by atoms with E-state index in [0.29, 0.717) is 0 Å². The van der Waals surface area contributed by atoms with Crippen LogP contribution in [0, 0.1) is 5.92 Å². The van der Waals surface area contributed by atoms with Gasteiger partial charge in [-0.1, -0.05) is 13.3 Å². The zero-order valence-electron chi connectivity index (χ0n) is 12.2. The van der Waals surface area contributed by atoms with Gasteiger partial charge < -0.3 is 10.2 Å². The van der Waals surface area contributed by atoms with Gasteiger partial charge in [-0.15, -0.1) is 0 Å². The Kier molecular flexibility index (Phi) is 5.58. The maximum atomic E-state index is 4.51. The third-order valence-corrected chi connectivity index (χ3v) is 3.82. The smallest absolute Gasteiger partial charge is 0.225 e. The lowest BCUT2D eigenvalue weighted by molar-refractivity contribution is 0.317. The van der Waals surface area contributed by atoms with E-state index in [9.17, 15) is 0 Å². The van der Waals surface area contributed by atoms with Crippen LogP contribution in [0.15, 0.2) is 12.4 Å². The van der Waals surface area contributed by atoms with Gasteiger partial charge in [-0.2, -0.15) is 0 Å². The molecule has 1 fully saturated rings. The summed E-state index contributed by atoms with van der Waals surface area (Å²) in [7, 11) is 0. The molecule has 106 valence electrons. The number of hydrogen-bond acceptors (Lipinski definition) is 4. The standard InChI is InChI=1S/C15H26N4/c1-3-8-16-9-14-10-17-15(18-11-14)19(4-2)12-13-6-5-7-13/h10-11,13,16H,3-9,12H2,1-2H3. The van der Waals surface area contributed by atoms with Crippen LogP contribution in [0.4, 0.5) is 5.95 Å². The number of hydrogen-bond donors (Lipinski definition) is 1. The molecule has 0 atom stereocenters. The molecule has 1 N–H and O–H groups in total.